The Labute approximate surface area is 224 Å². The van der Waals surface area contributed by atoms with E-state index in [-0.39, 0.29) is 17.2 Å². The van der Waals surface area contributed by atoms with Crippen molar-refractivity contribution >= 4 is 45.1 Å². The highest BCUT2D eigenvalue weighted by atomic mass is 32.2. The Hall–Kier alpha value is -4.43. The van der Waals surface area contributed by atoms with Crippen LogP contribution in [0.2, 0.25) is 0 Å². The van der Waals surface area contributed by atoms with E-state index >= 15 is 0 Å². The summed E-state index contributed by atoms with van der Waals surface area (Å²) in [5.74, 6) is 0.454. The summed E-state index contributed by atoms with van der Waals surface area (Å²) in [6.07, 6.45) is 0. The van der Waals surface area contributed by atoms with Gasteiger partial charge in [-0.25, -0.2) is 10.4 Å². The Morgan fingerprint density at radius 2 is 1.66 bits per heavy atom. The van der Waals surface area contributed by atoms with E-state index < -0.39 is 0 Å². The largest absolute Gasteiger partial charge is 0.494 e. The monoisotopic (exact) mass is 522 g/mol. The summed E-state index contributed by atoms with van der Waals surface area (Å²) in [4.78, 5) is 30.9. The maximum Gasteiger partial charge on any atom is 0.266 e. The topological polar surface area (TPSA) is 85.6 Å². The number of benzene rings is 4. The van der Waals surface area contributed by atoms with E-state index in [9.17, 15) is 9.59 Å². The number of amides is 1. The van der Waals surface area contributed by atoms with Crippen LogP contribution in [0.1, 0.15) is 19.4 Å². The molecule has 4 aromatic carbocycles. The van der Waals surface area contributed by atoms with Gasteiger partial charge in [0.2, 0.25) is 0 Å². The number of carbonyl (C=O) groups excluding carboxylic acids is 1. The average Bonchev–Trinajstić information content (AvgIpc) is 2.95. The van der Waals surface area contributed by atoms with E-state index in [1.165, 1.54) is 16.3 Å². The standard InChI is InChI=1S/C30H26N4O3S/c1-3-37-23-17-15-22(16-18-23)34-29(36)26-12-6-7-14-27(26)31-30(34)38-19-28(35)33-32-20(2)24-13-8-10-21-9-4-5-11-25(21)24/h4-18H,3,19H2,1-2H3,(H,33,35). The first-order valence-electron chi connectivity index (χ1n) is 12.2. The third kappa shape index (κ3) is 5.31. The van der Waals surface area contributed by atoms with Crippen molar-refractivity contribution in [3.63, 3.8) is 0 Å². The number of rotatable bonds is 8. The number of hydrogen-bond donors (Lipinski definition) is 1. The molecule has 0 aliphatic heterocycles. The van der Waals surface area contributed by atoms with Gasteiger partial charge >= 0.3 is 0 Å². The molecule has 5 aromatic rings. The first kappa shape index (κ1) is 25.2. The van der Waals surface area contributed by atoms with Gasteiger partial charge in [-0.15, -0.1) is 0 Å². The Bertz CT molecular complexity index is 1710. The van der Waals surface area contributed by atoms with E-state index in [1.54, 1.807) is 12.1 Å². The van der Waals surface area contributed by atoms with Crippen LogP contribution in [0.25, 0.3) is 27.4 Å². The van der Waals surface area contributed by atoms with Crippen molar-refractivity contribution in [1.29, 1.82) is 0 Å². The molecule has 1 amide bonds. The second kappa shape index (κ2) is 11.3. The summed E-state index contributed by atoms with van der Waals surface area (Å²) in [5.41, 5.74) is 5.32. The molecule has 8 heteroatoms. The first-order valence-corrected chi connectivity index (χ1v) is 13.2. The van der Waals surface area contributed by atoms with Crippen molar-refractivity contribution in [2.75, 3.05) is 12.4 Å². The van der Waals surface area contributed by atoms with E-state index in [4.69, 9.17) is 9.72 Å². The molecule has 1 aromatic heterocycles. The number of thioether (sulfide) groups is 1. The molecule has 0 aliphatic carbocycles. The zero-order chi connectivity index (χ0) is 26.5. The first-order chi connectivity index (χ1) is 18.5. The molecule has 0 saturated carbocycles. The number of hydrogen-bond acceptors (Lipinski definition) is 6. The smallest absolute Gasteiger partial charge is 0.266 e. The highest BCUT2D eigenvalue weighted by Crippen LogP contribution is 2.23. The lowest BCUT2D eigenvalue weighted by Gasteiger charge is -2.13. The van der Waals surface area contributed by atoms with Gasteiger partial charge < -0.3 is 4.74 Å². The molecule has 7 nitrogen and oxygen atoms in total. The predicted molar refractivity (Wildman–Crippen MR) is 154 cm³/mol. The van der Waals surface area contributed by atoms with Gasteiger partial charge in [-0.2, -0.15) is 5.10 Å². The molecular formula is C30H26N4O3S. The lowest BCUT2D eigenvalue weighted by Crippen LogP contribution is -2.24. The lowest BCUT2D eigenvalue weighted by atomic mass is 10.0. The molecule has 190 valence electrons. The minimum Gasteiger partial charge on any atom is -0.494 e. The number of nitrogens with one attached hydrogen (secondary N) is 1. The molecule has 0 atom stereocenters. The molecule has 0 saturated heterocycles. The predicted octanol–water partition coefficient (Wildman–Crippen LogP) is 5.57. The summed E-state index contributed by atoms with van der Waals surface area (Å²) >= 11 is 1.18. The van der Waals surface area contributed by atoms with Crippen molar-refractivity contribution in [2.24, 2.45) is 5.10 Å². The minimum absolute atomic E-state index is 0.0358. The molecular weight excluding hydrogens is 496 g/mol. The number of ether oxygens (including phenoxy) is 1. The summed E-state index contributed by atoms with van der Waals surface area (Å²) in [6.45, 7) is 4.33. The minimum atomic E-state index is -0.296. The van der Waals surface area contributed by atoms with Gasteiger partial charge in [-0.05, 0) is 61.0 Å². The Kier molecular flexibility index (Phi) is 7.51. The summed E-state index contributed by atoms with van der Waals surface area (Å²) in [7, 11) is 0. The molecule has 0 fully saturated rings. The second-order valence-electron chi connectivity index (χ2n) is 8.53. The van der Waals surface area contributed by atoms with Crippen LogP contribution in [0, 0.1) is 0 Å². The highest BCUT2D eigenvalue weighted by molar-refractivity contribution is 7.99. The number of hydrazone groups is 1. The number of nitrogens with zero attached hydrogens (tertiary/aromatic N) is 3. The Balaban J connectivity index is 1.39. The van der Waals surface area contributed by atoms with E-state index in [0.29, 0.717) is 39.8 Å². The molecule has 0 radical (unpaired) electrons. The molecule has 1 N–H and O–H groups in total. The summed E-state index contributed by atoms with van der Waals surface area (Å²) < 4.78 is 7.06. The maximum absolute atomic E-state index is 13.4. The van der Waals surface area contributed by atoms with Gasteiger partial charge in [0, 0.05) is 5.56 Å². The molecule has 0 unspecified atom stereocenters. The number of fused-ring (bicyclic) bond motifs is 2. The van der Waals surface area contributed by atoms with Crippen molar-refractivity contribution in [2.45, 2.75) is 19.0 Å². The Morgan fingerprint density at radius 1 is 0.947 bits per heavy atom. The van der Waals surface area contributed by atoms with Crippen LogP contribution < -0.4 is 15.7 Å². The van der Waals surface area contributed by atoms with Gasteiger partial charge in [0.25, 0.3) is 11.5 Å². The fourth-order valence-corrected chi connectivity index (χ4v) is 5.01. The SMILES string of the molecule is CCOc1ccc(-n2c(SCC(=O)NN=C(C)c3cccc4ccccc34)nc3ccccc3c2=O)cc1. The van der Waals surface area contributed by atoms with Crippen LogP contribution in [0.4, 0.5) is 0 Å². The zero-order valence-corrected chi connectivity index (χ0v) is 21.9. The molecule has 0 bridgehead atoms. The molecule has 1 heterocycles. The van der Waals surface area contributed by atoms with Gasteiger partial charge in [-0.3, -0.25) is 14.2 Å². The lowest BCUT2D eigenvalue weighted by molar-refractivity contribution is -0.118. The Morgan fingerprint density at radius 3 is 2.45 bits per heavy atom. The van der Waals surface area contributed by atoms with Crippen LogP contribution in [0.5, 0.6) is 5.75 Å². The van der Waals surface area contributed by atoms with Crippen LogP contribution >= 0.6 is 11.8 Å². The zero-order valence-electron chi connectivity index (χ0n) is 21.0. The van der Waals surface area contributed by atoms with Gasteiger partial charge in [-0.1, -0.05) is 66.4 Å². The molecule has 0 spiro atoms. The normalized spacial score (nSPS) is 11.6. The van der Waals surface area contributed by atoms with Crippen LogP contribution in [-0.2, 0) is 4.79 Å². The van der Waals surface area contributed by atoms with E-state index in [1.807, 2.05) is 92.7 Å². The molecule has 38 heavy (non-hydrogen) atoms. The summed E-state index contributed by atoms with van der Waals surface area (Å²) in [6, 6.07) is 28.5. The van der Waals surface area contributed by atoms with E-state index in [2.05, 4.69) is 10.5 Å². The van der Waals surface area contributed by atoms with Crippen molar-refractivity contribution in [3.05, 3.63) is 107 Å². The number of carbonyl (C=O) groups is 1. The third-order valence-electron chi connectivity index (χ3n) is 6.01. The average molecular weight is 523 g/mol. The number of aromatic nitrogens is 2. The van der Waals surface area contributed by atoms with Crippen molar-refractivity contribution < 1.29 is 9.53 Å². The van der Waals surface area contributed by atoms with Gasteiger partial charge in [0.15, 0.2) is 5.16 Å². The van der Waals surface area contributed by atoms with Crippen molar-refractivity contribution in [1.82, 2.24) is 15.0 Å². The highest BCUT2D eigenvalue weighted by Gasteiger charge is 2.15. The van der Waals surface area contributed by atoms with Crippen LogP contribution in [0.3, 0.4) is 0 Å². The number of para-hydroxylation sites is 1. The third-order valence-corrected chi connectivity index (χ3v) is 6.95. The van der Waals surface area contributed by atoms with Gasteiger partial charge in [0.1, 0.15) is 5.75 Å². The van der Waals surface area contributed by atoms with Crippen LogP contribution in [-0.4, -0.2) is 33.5 Å². The molecule has 5 rings (SSSR count). The fourth-order valence-electron chi connectivity index (χ4n) is 4.20. The van der Waals surface area contributed by atoms with Gasteiger partial charge in [0.05, 0.1) is 34.7 Å². The second-order valence-corrected chi connectivity index (χ2v) is 9.47. The fraction of sp³-hybridized carbons (Fsp3) is 0.133. The summed E-state index contributed by atoms with van der Waals surface area (Å²) in [5, 5.41) is 7.43. The maximum atomic E-state index is 13.4. The quantitative estimate of drug-likeness (QED) is 0.125. The van der Waals surface area contributed by atoms with Crippen molar-refractivity contribution in [3.8, 4) is 11.4 Å². The van der Waals surface area contributed by atoms with E-state index in [0.717, 1.165) is 16.3 Å². The van der Waals surface area contributed by atoms with Crippen LogP contribution in [0.15, 0.2) is 106 Å². The molecule has 0 aliphatic rings.